The Morgan fingerprint density at radius 1 is 1.47 bits per heavy atom. The maximum absolute atomic E-state index is 11.0. The van der Waals surface area contributed by atoms with Crippen LogP contribution in [0.15, 0.2) is 34.9 Å². The van der Waals surface area contributed by atoms with Crippen molar-refractivity contribution < 1.29 is 9.90 Å². The van der Waals surface area contributed by atoms with E-state index in [4.69, 9.17) is 5.11 Å². The third-order valence-corrected chi connectivity index (χ3v) is 5.05. The van der Waals surface area contributed by atoms with Crippen molar-refractivity contribution in [3.8, 4) is 0 Å². The molecule has 1 aromatic heterocycles. The van der Waals surface area contributed by atoms with E-state index in [0.717, 1.165) is 20.9 Å². The number of carboxylic acid groups (broad SMARTS) is 1. The van der Waals surface area contributed by atoms with Gasteiger partial charge in [-0.2, -0.15) is 0 Å². The number of nitrogens with zero attached hydrogens (tertiary/aromatic N) is 1. The zero-order valence-electron chi connectivity index (χ0n) is 9.84. The van der Waals surface area contributed by atoms with Gasteiger partial charge in [-0.15, -0.1) is 11.8 Å². The molecule has 1 saturated heterocycles. The Balaban J connectivity index is 2.02. The predicted octanol–water partition coefficient (Wildman–Crippen LogP) is 2.79. The molecule has 0 spiro atoms. The average molecular weight is 339 g/mol. The fourth-order valence-electron chi connectivity index (χ4n) is 2.16. The molecule has 2 N–H and O–H groups in total. The minimum Gasteiger partial charge on any atom is -0.480 e. The van der Waals surface area contributed by atoms with Crippen molar-refractivity contribution in [3.63, 3.8) is 0 Å². The van der Waals surface area contributed by atoms with Gasteiger partial charge < -0.3 is 5.11 Å². The lowest BCUT2D eigenvalue weighted by Crippen LogP contribution is -2.33. The van der Waals surface area contributed by atoms with Gasteiger partial charge in [-0.05, 0) is 12.1 Å². The second-order valence-corrected chi connectivity index (χ2v) is 6.30. The summed E-state index contributed by atoms with van der Waals surface area (Å²) in [6, 6.07) is 7.39. The number of aromatic nitrogens is 1. The molecule has 1 aromatic carbocycles. The molecule has 0 bridgehead atoms. The first-order valence-corrected chi connectivity index (χ1v) is 7.64. The molecule has 6 heteroatoms. The van der Waals surface area contributed by atoms with Crippen LogP contribution in [0.1, 0.15) is 10.9 Å². The highest BCUT2D eigenvalue weighted by atomic mass is 79.9. The molecular formula is C13H11BrN2O2S. The van der Waals surface area contributed by atoms with Crippen LogP contribution in [0.3, 0.4) is 0 Å². The maximum Gasteiger partial charge on any atom is 0.321 e. The fourth-order valence-corrected chi connectivity index (χ4v) is 3.87. The Morgan fingerprint density at radius 2 is 2.32 bits per heavy atom. The lowest BCUT2D eigenvalue weighted by atomic mass is 10.1. The lowest BCUT2D eigenvalue weighted by Gasteiger charge is -2.14. The molecule has 0 saturated carbocycles. The Morgan fingerprint density at radius 3 is 3.05 bits per heavy atom. The first-order chi connectivity index (χ1) is 9.16. The standard InChI is InChI=1S/C13H11BrN2O2S/c14-9-4-3-8(11-7(9)2-1-5-15-11)12-16-10(6-19-12)13(17)18/h1-5,10,12,16H,6H2,(H,17,18)/t10-,12?/m0/s1. The number of rotatable bonds is 2. The van der Waals surface area contributed by atoms with Crippen LogP contribution in [0.4, 0.5) is 0 Å². The SMILES string of the molecule is O=C(O)[C@@H]1CSC(c2ccc(Br)c3cccnc23)N1. The summed E-state index contributed by atoms with van der Waals surface area (Å²) < 4.78 is 0.997. The zero-order valence-corrected chi connectivity index (χ0v) is 12.2. The Labute approximate surface area is 122 Å². The Bertz CT molecular complexity index is 650. The quantitative estimate of drug-likeness (QED) is 0.881. The molecule has 0 radical (unpaired) electrons. The molecule has 0 aliphatic carbocycles. The van der Waals surface area contributed by atoms with Gasteiger partial charge >= 0.3 is 5.97 Å². The molecular weight excluding hydrogens is 328 g/mol. The molecule has 1 fully saturated rings. The number of carboxylic acids is 1. The molecule has 19 heavy (non-hydrogen) atoms. The number of pyridine rings is 1. The van der Waals surface area contributed by atoms with Gasteiger partial charge in [0.25, 0.3) is 0 Å². The van der Waals surface area contributed by atoms with Crippen molar-refractivity contribution in [2.24, 2.45) is 0 Å². The molecule has 2 aromatic rings. The number of aliphatic carboxylic acids is 1. The highest BCUT2D eigenvalue weighted by Gasteiger charge is 2.31. The minimum atomic E-state index is -0.802. The number of halogens is 1. The van der Waals surface area contributed by atoms with E-state index in [9.17, 15) is 4.79 Å². The second kappa shape index (κ2) is 5.11. The van der Waals surface area contributed by atoms with Gasteiger partial charge in [0, 0.05) is 27.4 Å². The summed E-state index contributed by atoms with van der Waals surface area (Å²) >= 11 is 5.12. The molecule has 2 atom stereocenters. The van der Waals surface area contributed by atoms with Crippen LogP contribution in [-0.2, 0) is 4.79 Å². The smallest absolute Gasteiger partial charge is 0.321 e. The van der Waals surface area contributed by atoms with E-state index in [2.05, 4.69) is 26.2 Å². The van der Waals surface area contributed by atoms with E-state index in [1.165, 1.54) is 0 Å². The summed E-state index contributed by atoms with van der Waals surface area (Å²) in [6.07, 6.45) is 1.76. The Hall–Kier alpha value is -1.11. The minimum absolute atomic E-state index is 0.0217. The van der Waals surface area contributed by atoms with Gasteiger partial charge in [-0.3, -0.25) is 15.1 Å². The van der Waals surface area contributed by atoms with Crippen molar-refractivity contribution in [1.29, 1.82) is 0 Å². The average Bonchev–Trinajstić information content (AvgIpc) is 2.89. The van der Waals surface area contributed by atoms with Crippen LogP contribution in [0, 0.1) is 0 Å². The van der Waals surface area contributed by atoms with Crippen molar-refractivity contribution in [3.05, 3.63) is 40.5 Å². The third-order valence-electron chi connectivity index (χ3n) is 3.11. The highest BCUT2D eigenvalue weighted by molar-refractivity contribution is 9.10. The van der Waals surface area contributed by atoms with Crippen molar-refractivity contribution in [1.82, 2.24) is 10.3 Å². The van der Waals surface area contributed by atoms with Gasteiger partial charge in [0.05, 0.1) is 10.9 Å². The van der Waals surface area contributed by atoms with Crippen LogP contribution >= 0.6 is 27.7 Å². The molecule has 1 aliphatic rings. The number of fused-ring (bicyclic) bond motifs is 1. The molecule has 1 unspecified atom stereocenters. The van der Waals surface area contributed by atoms with E-state index < -0.39 is 12.0 Å². The molecule has 98 valence electrons. The first-order valence-electron chi connectivity index (χ1n) is 5.80. The first kappa shape index (κ1) is 12.9. The summed E-state index contributed by atoms with van der Waals surface area (Å²) in [7, 11) is 0. The largest absolute Gasteiger partial charge is 0.480 e. The summed E-state index contributed by atoms with van der Waals surface area (Å²) in [5, 5.41) is 13.2. The molecule has 1 aliphatic heterocycles. The van der Waals surface area contributed by atoms with Gasteiger partial charge in [-0.25, -0.2) is 0 Å². The normalized spacial score (nSPS) is 22.8. The van der Waals surface area contributed by atoms with E-state index >= 15 is 0 Å². The monoisotopic (exact) mass is 338 g/mol. The van der Waals surface area contributed by atoms with Crippen LogP contribution in [0.2, 0.25) is 0 Å². The molecule has 2 heterocycles. The van der Waals surface area contributed by atoms with Crippen molar-refractivity contribution >= 4 is 44.6 Å². The number of hydrogen-bond donors (Lipinski definition) is 2. The number of nitrogens with one attached hydrogen (secondary N) is 1. The van der Waals surface area contributed by atoms with Gasteiger partial charge in [0.15, 0.2) is 0 Å². The number of thioether (sulfide) groups is 1. The molecule has 0 amide bonds. The van der Waals surface area contributed by atoms with E-state index in [0.29, 0.717) is 5.75 Å². The summed E-state index contributed by atoms with van der Waals surface area (Å²) in [6.45, 7) is 0. The number of hydrogen-bond acceptors (Lipinski definition) is 4. The van der Waals surface area contributed by atoms with E-state index in [1.807, 2.05) is 24.3 Å². The van der Waals surface area contributed by atoms with Crippen LogP contribution < -0.4 is 5.32 Å². The fraction of sp³-hybridized carbons (Fsp3) is 0.231. The summed E-state index contributed by atoms with van der Waals surface area (Å²) in [5.74, 6) is -0.228. The van der Waals surface area contributed by atoms with E-state index in [-0.39, 0.29) is 5.37 Å². The van der Waals surface area contributed by atoms with Crippen molar-refractivity contribution in [2.75, 3.05) is 5.75 Å². The highest BCUT2D eigenvalue weighted by Crippen LogP contribution is 2.37. The van der Waals surface area contributed by atoms with Crippen LogP contribution in [0.25, 0.3) is 10.9 Å². The maximum atomic E-state index is 11.0. The summed E-state index contributed by atoms with van der Waals surface area (Å²) in [4.78, 5) is 15.4. The number of carbonyl (C=O) groups is 1. The van der Waals surface area contributed by atoms with Crippen LogP contribution in [-0.4, -0.2) is 27.9 Å². The topological polar surface area (TPSA) is 62.2 Å². The van der Waals surface area contributed by atoms with E-state index in [1.54, 1.807) is 18.0 Å². The zero-order chi connectivity index (χ0) is 13.4. The lowest BCUT2D eigenvalue weighted by molar-refractivity contribution is -0.138. The predicted molar refractivity (Wildman–Crippen MR) is 79.2 cm³/mol. The molecule has 4 nitrogen and oxygen atoms in total. The molecule has 3 rings (SSSR count). The van der Waals surface area contributed by atoms with Gasteiger partial charge in [0.1, 0.15) is 6.04 Å². The van der Waals surface area contributed by atoms with Gasteiger partial charge in [0.2, 0.25) is 0 Å². The third kappa shape index (κ3) is 2.35. The second-order valence-electron chi connectivity index (χ2n) is 4.31. The number of benzene rings is 1. The Kier molecular flexibility index (Phi) is 3.47. The van der Waals surface area contributed by atoms with Crippen LogP contribution in [0.5, 0.6) is 0 Å². The van der Waals surface area contributed by atoms with Crippen molar-refractivity contribution in [2.45, 2.75) is 11.4 Å². The van der Waals surface area contributed by atoms with Gasteiger partial charge in [-0.1, -0.05) is 28.1 Å². The summed E-state index contributed by atoms with van der Waals surface area (Å²) in [5.41, 5.74) is 1.94.